The van der Waals surface area contributed by atoms with Gasteiger partial charge in [0.05, 0.1) is 0 Å². The number of hydrogen-bond donors (Lipinski definition) is 2. The molecule has 1 heterocycles. The van der Waals surface area contributed by atoms with Crippen LogP contribution in [0.2, 0.25) is 0 Å². The molecule has 2 rings (SSSR count). The lowest BCUT2D eigenvalue weighted by molar-refractivity contribution is -0.121. The van der Waals surface area contributed by atoms with E-state index in [9.17, 15) is 4.79 Å². The fourth-order valence-electron chi connectivity index (χ4n) is 3.00. The predicted octanol–water partition coefficient (Wildman–Crippen LogP) is 2.46. The lowest BCUT2D eigenvalue weighted by atomic mass is 10.0. The normalized spacial score (nSPS) is 18.3. The van der Waals surface area contributed by atoms with Gasteiger partial charge in [0.15, 0.2) is 0 Å². The molecule has 1 atom stereocenters. The zero-order valence-electron chi connectivity index (χ0n) is 13.4. The molecular weight excluding hydrogens is 262 g/mol. The smallest absolute Gasteiger partial charge is 0.221 e. The van der Waals surface area contributed by atoms with Crippen LogP contribution >= 0.6 is 0 Å². The quantitative estimate of drug-likeness (QED) is 0.875. The molecule has 0 radical (unpaired) electrons. The second-order valence-corrected chi connectivity index (χ2v) is 6.00. The number of nitrogens with one attached hydrogen (secondary N) is 2. The van der Waals surface area contributed by atoms with Gasteiger partial charge in [-0.15, -0.1) is 0 Å². The highest BCUT2D eigenvalue weighted by Gasteiger charge is 2.21. The molecule has 4 nitrogen and oxygen atoms in total. The second kappa shape index (κ2) is 7.46. The number of rotatable bonds is 5. The SMILES string of the molecule is CNC1CCCN(CCC(=O)NC(C)C)c2ccccc21. The van der Waals surface area contributed by atoms with Crippen molar-refractivity contribution in [3.8, 4) is 0 Å². The molecule has 1 unspecified atom stereocenters. The first kappa shape index (κ1) is 15.8. The molecule has 0 spiro atoms. The molecule has 1 aliphatic rings. The highest BCUT2D eigenvalue weighted by atomic mass is 16.1. The lowest BCUT2D eigenvalue weighted by Gasteiger charge is -2.25. The number of anilines is 1. The molecule has 116 valence electrons. The molecule has 1 aliphatic heterocycles. The van der Waals surface area contributed by atoms with E-state index >= 15 is 0 Å². The molecule has 0 aliphatic carbocycles. The van der Waals surface area contributed by atoms with Crippen molar-refractivity contribution >= 4 is 11.6 Å². The van der Waals surface area contributed by atoms with Crippen LogP contribution in [0.25, 0.3) is 0 Å². The predicted molar refractivity (Wildman–Crippen MR) is 87.6 cm³/mol. The molecule has 2 N–H and O–H groups in total. The molecule has 4 heteroatoms. The van der Waals surface area contributed by atoms with Crippen LogP contribution in [0.15, 0.2) is 24.3 Å². The summed E-state index contributed by atoms with van der Waals surface area (Å²) in [7, 11) is 2.02. The number of nitrogens with zero attached hydrogens (tertiary/aromatic N) is 1. The van der Waals surface area contributed by atoms with Crippen LogP contribution < -0.4 is 15.5 Å². The zero-order valence-corrected chi connectivity index (χ0v) is 13.4. The Morgan fingerprint density at radius 3 is 2.86 bits per heavy atom. The molecular formula is C17H27N3O. The summed E-state index contributed by atoms with van der Waals surface area (Å²) in [5.74, 6) is 0.136. The molecule has 0 saturated heterocycles. The van der Waals surface area contributed by atoms with E-state index in [0.717, 1.165) is 25.9 Å². The molecule has 1 aromatic carbocycles. The second-order valence-electron chi connectivity index (χ2n) is 6.00. The summed E-state index contributed by atoms with van der Waals surface area (Å²) in [6.45, 7) is 5.80. The zero-order chi connectivity index (χ0) is 15.2. The highest BCUT2D eigenvalue weighted by Crippen LogP contribution is 2.32. The Morgan fingerprint density at radius 1 is 1.38 bits per heavy atom. The molecule has 1 amide bonds. The minimum atomic E-state index is 0.136. The maximum Gasteiger partial charge on any atom is 0.221 e. The van der Waals surface area contributed by atoms with Crippen LogP contribution in [-0.2, 0) is 4.79 Å². The van der Waals surface area contributed by atoms with Gasteiger partial charge in [-0.2, -0.15) is 0 Å². The van der Waals surface area contributed by atoms with Crippen LogP contribution in [0.3, 0.4) is 0 Å². The maximum atomic E-state index is 11.9. The fraction of sp³-hybridized carbons (Fsp3) is 0.588. The van der Waals surface area contributed by atoms with E-state index in [2.05, 4.69) is 39.8 Å². The minimum Gasteiger partial charge on any atom is -0.371 e. The van der Waals surface area contributed by atoms with Gasteiger partial charge in [0, 0.05) is 37.3 Å². The lowest BCUT2D eigenvalue weighted by Crippen LogP contribution is -2.34. The first-order chi connectivity index (χ1) is 10.1. The van der Waals surface area contributed by atoms with E-state index in [1.165, 1.54) is 11.3 Å². The van der Waals surface area contributed by atoms with E-state index in [1.807, 2.05) is 20.9 Å². The Hall–Kier alpha value is -1.55. The number of carbonyl (C=O) groups is 1. The topological polar surface area (TPSA) is 44.4 Å². The van der Waals surface area contributed by atoms with Crippen LogP contribution in [0.5, 0.6) is 0 Å². The van der Waals surface area contributed by atoms with E-state index < -0.39 is 0 Å². The summed E-state index contributed by atoms with van der Waals surface area (Å²) in [5, 5.41) is 6.37. The van der Waals surface area contributed by atoms with Crippen LogP contribution in [-0.4, -0.2) is 32.1 Å². The Bertz CT molecular complexity index is 473. The van der Waals surface area contributed by atoms with Crippen molar-refractivity contribution in [3.05, 3.63) is 29.8 Å². The fourth-order valence-corrected chi connectivity index (χ4v) is 3.00. The van der Waals surface area contributed by atoms with E-state index in [1.54, 1.807) is 0 Å². The minimum absolute atomic E-state index is 0.136. The van der Waals surface area contributed by atoms with Gasteiger partial charge in [-0.05, 0) is 45.4 Å². The summed E-state index contributed by atoms with van der Waals surface area (Å²) in [6, 6.07) is 9.17. The average molecular weight is 289 g/mol. The number of benzene rings is 1. The number of hydrogen-bond acceptors (Lipinski definition) is 3. The van der Waals surface area contributed by atoms with E-state index in [0.29, 0.717) is 12.5 Å². The van der Waals surface area contributed by atoms with Crippen LogP contribution in [0.4, 0.5) is 5.69 Å². The highest BCUT2D eigenvalue weighted by molar-refractivity contribution is 5.77. The number of para-hydroxylation sites is 1. The summed E-state index contributed by atoms with van der Waals surface area (Å²) in [4.78, 5) is 14.2. The van der Waals surface area contributed by atoms with Gasteiger partial charge in [0.2, 0.25) is 5.91 Å². The standard InChI is InChI=1S/C17H27N3O/c1-13(2)19-17(21)10-12-20-11-6-8-15(18-3)14-7-4-5-9-16(14)20/h4-5,7,9,13,15,18H,6,8,10-12H2,1-3H3,(H,19,21). The van der Waals surface area contributed by atoms with Gasteiger partial charge in [-0.25, -0.2) is 0 Å². The van der Waals surface area contributed by atoms with Crippen molar-refractivity contribution in [1.82, 2.24) is 10.6 Å². The molecule has 0 bridgehead atoms. The maximum absolute atomic E-state index is 11.9. The van der Waals surface area contributed by atoms with Crippen LogP contribution in [0, 0.1) is 0 Å². The third kappa shape index (κ3) is 4.21. The van der Waals surface area contributed by atoms with Crippen molar-refractivity contribution in [2.75, 3.05) is 25.0 Å². The van der Waals surface area contributed by atoms with E-state index in [-0.39, 0.29) is 11.9 Å². The summed E-state index contributed by atoms with van der Waals surface area (Å²) < 4.78 is 0. The summed E-state index contributed by atoms with van der Waals surface area (Å²) in [5.41, 5.74) is 2.62. The van der Waals surface area contributed by atoms with Crippen molar-refractivity contribution < 1.29 is 4.79 Å². The summed E-state index contributed by atoms with van der Waals surface area (Å²) in [6.07, 6.45) is 2.84. The van der Waals surface area contributed by atoms with Gasteiger partial charge in [0.25, 0.3) is 0 Å². The summed E-state index contributed by atoms with van der Waals surface area (Å²) >= 11 is 0. The third-order valence-corrected chi connectivity index (χ3v) is 3.98. The Morgan fingerprint density at radius 2 is 2.14 bits per heavy atom. The average Bonchev–Trinajstić information content (AvgIpc) is 2.63. The molecule has 0 saturated carbocycles. The molecule has 0 aromatic heterocycles. The number of amides is 1. The van der Waals surface area contributed by atoms with Gasteiger partial charge in [-0.1, -0.05) is 18.2 Å². The molecule has 21 heavy (non-hydrogen) atoms. The van der Waals surface area contributed by atoms with Gasteiger partial charge < -0.3 is 15.5 Å². The number of fused-ring (bicyclic) bond motifs is 1. The van der Waals surface area contributed by atoms with Crippen molar-refractivity contribution in [1.29, 1.82) is 0 Å². The van der Waals surface area contributed by atoms with Crippen LogP contribution in [0.1, 0.15) is 44.7 Å². The Balaban J connectivity index is 2.07. The third-order valence-electron chi connectivity index (χ3n) is 3.98. The van der Waals surface area contributed by atoms with Crippen molar-refractivity contribution in [2.24, 2.45) is 0 Å². The molecule has 1 aromatic rings. The monoisotopic (exact) mass is 289 g/mol. The first-order valence-corrected chi connectivity index (χ1v) is 7.92. The Kier molecular flexibility index (Phi) is 5.62. The van der Waals surface area contributed by atoms with Gasteiger partial charge in [-0.3, -0.25) is 4.79 Å². The Labute approximate surface area is 127 Å². The molecule has 0 fully saturated rings. The number of carbonyl (C=O) groups excluding carboxylic acids is 1. The first-order valence-electron chi connectivity index (χ1n) is 7.92. The van der Waals surface area contributed by atoms with Gasteiger partial charge >= 0.3 is 0 Å². The van der Waals surface area contributed by atoms with Gasteiger partial charge in [0.1, 0.15) is 0 Å². The van der Waals surface area contributed by atoms with E-state index in [4.69, 9.17) is 0 Å². The largest absolute Gasteiger partial charge is 0.371 e. The van der Waals surface area contributed by atoms with Crippen molar-refractivity contribution in [3.63, 3.8) is 0 Å². The van der Waals surface area contributed by atoms with Crippen molar-refractivity contribution in [2.45, 2.75) is 45.2 Å².